The van der Waals surface area contributed by atoms with Crippen molar-refractivity contribution in [3.05, 3.63) is 102 Å². The number of nitrogens with zero attached hydrogens (tertiary/aromatic N) is 4. The van der Waals surface area contributed by atoms with E-state index < -0.39 is 46.6 Å². The zero-order valence-corrected chi connectivity index (χ0v) is 26.6. The molecule has 0 bridgehead atoms. The van der Waals surface area contributed by atoms with Gasteiger partial charge in [-0.2, -0.15) is 4.31 Å². The van der Waals surface area contributed by atoms with Crippen LogP contribution in [0, 0.1) is 5.92 Å². The van der Waals surface area contributed by atoms with Gasteiger partial charge in [-0.25, -0.2) is 13.2 Å². The average molecular weight is 650 g/mol. The summed E-state index contributed by atoms with van der Waals surface area (Å²) in [6.45, 7) is 2.92. The molecule has 1 aliphatic rings. The topological polar surface area (TPSA) is 160 Å². The van der Waals surface area contributed by atoms with Gasteiger partial charge in [0.25, 0.3) is 5.91 Å². The Morgan fingerprint density at radius 1 is 0.957 bits per heavy atom. The molecule has 3 aromatic carbocycles. The second-order valence-electron chi connectivity index (χ2n) is 11.6. The zero-order valence-electron chi connectivity index (χ0n) is 25.8. The average Bonchev–Trinajstić information content (AvgIpc) is 3.28. The maximum Gasteiger partial charge on any atom is 0.328 e. The van der Waals surface area contributed by atoms with E-state index in [1.54, 1.807) is 12.1 Å². The normalized spacial score (nSPS) is 15.2. The Kier molecular flexibility index (Phi) is 11.6. The van der Waals surface area contributed by atoms with E-state index >= 15 is 0 Å². The van der Waals surface area contributed by atoms with Crippen LogP contribution in [0.15, 0.2) is 95.0 Å². The van der Waals surface area contributed by atoms with E-state index in [2.05, 4.69) is 10.5 Å². The van der Waals surface area contributed by atoms with Crippen molar-refractivity contribution in [1.29, 1.82) is 0 Å². The standard InChI is InChI=1S/C33H39N5O7S/c1-24(2)19-37(46(44,45)28-15-13-26(14-16-28)18-34-43)21-30(39)29(17-25-9-5-3-6-10-25)35-31(40)22-36-23-32(41)38(33(36)42)20-27-11-7-4-8-12-27/h3-16,18,24,29-30,39,43H,17,19-23H2,1-2H3,(H,35,40)/b34-18+/t29-,30+/m0/s1. The minimum absolute atomic E-state index is 0.00338. The van der Waals surface area contributed by atoms with Crippen molar-refractivity contribution >= 4 is 34.1 Å². The molecule has 3 N–H and O–H groups in total. The van der Waals surface area contributed by atoms with Crippen molar-refractivity contribution in [1.82, 2.24) is 19.4 Å². The van der Waals surface area contributed by atoms with Gasteiger partial charge in [0.05, 0.1) is 29.8 Å². The molecule has 13 heteroatoms. The summed E-state index contributed by atoms with van der Waals surface area (Å²) in [6, 6.07) is 22.5. The van der Waals surface area contributed by atoms with Crippen molar-refractivity contribution in [2.45, 2.75) is 43.9 Å². The Morgan fingerprint density at radius 3 is 2.15 bits per heavy atom. The van der Waals surface area contributed by atoms with E-state index in [-0.39, 0.29) is 43.4 Å². The van der Waals surface area contributed by atoms with Crippen molar-refractivity contribution in [3.63, 3.8) is 0 Å². The van der Waals surface area contributed by atoms with Crippen LogP contribution in [0.1, 0.15) is 30.5 Å². The SMILES string of the molecule is CC(C)CN(C[C@@H](O)[C@H](Cc1ccccc1)NC(=O)CN1CC(=O)N(Cc2ccccc2)C1=O)S(=O)(=O)c1ccc(/C=N/O)cc1. The predicted molar refractivity (Wildman–Crippen MR) is 171 cm³/mol. The lowest BCUT2D eigenvalue weighted by atomic mass is 10.0. The summed E-state index contributed by atoms with van der Waals surface area (Å²) in [4.78, 5) is 41.2. The van der Waals surface area contributed by atoms with Gasteiger partial charge in [-0.3, -0.25) is 14.5 Å². The van der Waals surface area contributed by atoms with Crippen LogP contribution in [0.2, 0.25) is 0 Å². The Balaban J connectivity index is 1.50. The molecule has 0 aliphatic carbocycles. The molecule has 12 nitrogen and oxygen atoms in total. The molecule has 0 aromatic heterocycles. The van der Waals surface area contributed by atoms with Gasteiger partial charge in [0.2, 0.25) is 15.9 Å². The van der Waals surface area contributed by atoms with Gasteiger partial charge in [-0.05, 0) is 41.2 Å². The lowest BCUT2D eigenvalue weighted by molar-refractivity contribution is -0.125. The summed E-state index contributed by atoms with van der Waals surface area (Å²) in [5, 5.41) is 26.0. The number of carbonyl (C=O) groups excluding carboxylic acids is 3. The molecule has 2 atom stereocenters. The lowest BCUT2D eigenvalue weighted by Crippen LogP contribution is -2.53. The molecular formula is C33H39N5O7S. The van der Waals surface area contributed by atoms with Gasteiger partial charge in [0, 0.05) is 13.1 Å². The highest BCUT2D eigenvalue weighted by molar-refractivity contribution is 7.89. The minimum Gasteiger partial charge on any atom is -0.411 e. The van der Waals surface area contributed by atoms with E-state index in [0.29, 0.717) is 5.56 Å². The Bertz CT molecular complexity index is 1620. The number of nitrogens with one attached hydrogen (secondary N) is 1. The third-order valence-electron chi connectivity index (χ3n) is 7.44. The van der Waals surface area contributed by atoms with Crippen molar-refractivity contribution in [2.75, 3.05) is 26.2 Å². The first-order chi connectivity index (χ1) is 22.0. The number of rotatable bonds is 15. The molecule has 46 heavy (non-hydrogen) atoms. The van der Waals surface area contributed by atoms with Crippen molar-refractivity contribution in [2.24, 2.45) is 11.1 Å². The maximum absolute atomic E-state index is 13.7. The first-order valence-corrected chi connectivity index (χ1v) is 16.3. The molecule has 0 spiro atoms. The first kappa shape index (κ1) is 34.3. The van der Waals surface area contributed by atoms with E-state index in [9.17, 15) is 27.9 Å². The van der Waals surface area contributed by atoms with Gasteiger partial charge < -0.3 is 20.5 Å². The number of amides is 4. The molecule has 1 aliphatic heterocycles. The maximum atomic E-state index is 13.7. The smallest absolute Gasteiger partial charge is 0.328 e. The molecule has 3 aromatic rings. The monoisotopic (exact) mass is 649 g/mol. The first-order valence-electron chi connectivity index (χ1n) is 14.9. The Labute approximate surface area is 269 Å². The molecule has 0 unspecified atom stereocenters. The fraction of sp³-hybridized carbons (Fsp3) is 0.333. The summed E-state index contributed by atoms with van der Waals surface area (Å²) in [5.41, 5.74) is 2.08. The number of imide groups is 1. The molecule has 1 heterocycles. The summed E-state index contributed by atoms with van der Waals surface area (Å²) < 4.78 is 28.6. The highest BCUT2D eigenvalue weighted by Crippen LogP contribution is 2.20. The van der Waals surface area contributed by atoms with Gasteiger partial charge >= 0.3 is 6.03 Å². The molecule has 1 fully saturated rings. The Hall–Kier alpha value is -4.59. The second-order valence-corrected chi connectivity index (χ2v) is 13.5. The number of aliphatic hydroxyl groups is 1. The van der Waals surface area contributed by atoms with Gasteiger partial charge in [-0.15, -0.1) is 0 Å². The number of hydrogen-bond acceptors (Lipinski definition) is 8. The largest absolute Gasteiger partial charge is 0.411 e. The minimum atomic E-state index is -4.06. The van der Waals surface area contributed by atoms with Crippen LogP contribution >= 0.6 is 0 Å². The molecular weight excluding hydrogens is 610 g/mol. The summed E-state index contributed by atoms with van der Waals surface area (Å²) >= 11 is 0. The summed E-state index contributed by atoms with van der Waals surface area (Å²) in [7, 11) is -4.06. The van der Waals surface area contributed by atoms with Crippen LogP contribution in [0.5, 0.6) is 0 Å². The third kappa shape index (κ3) is 8.99. The van der Waals surface area contributed by atoms with E-state index in [1.165, 1.54) is 34.8 Å². The molecule has 0 radical (unpaired) electrons. The summed E-state index contributed by atoms with van der Waals surface area (Å²) in [5.74, 6) is -1.10. The summed E-state index contributed by atoms with van der Waals surface area (Å²) in [6.07, 6.45) is 0.0323. The second kappa shape index (κ2) is 15.6. The number of benzene rings is 3. The number of carbonyl (C=O) groups is 3. The fourth-order valence-corrected chi connectivity index (χ4v) is 6.79. The van der Waals surface area contributed by atoms with Crippen molar-refractivity contribution in [3.8, 4) is 0 Å². The molecule has 0 saturated carbocycles. The third-order valence-corrected chi connectivity index (χ3v) is 9.29. The lowest BCUT2D eigenvalue weighted by Gasteiger charge is -2.31. The van der Waals surface area contributed by atoms with E-state index in [4.69, 9.17) is 5.21 Å². The Morgan fingerprint density at radius 2 is 1.57 bits per heavy atom. The molecule has 1 saturated heterocycles. The number of hydrogen-bond donors (Lipinski definition) is 3. The van der Waals surface area contributed by atoms with E-state index in [1.807, 2.05) is 62.4 Å². The quantitative estimate of drug-likeness (QED) is 0.0988. The van der Waals surface area contributed by atoms with Gasteiger partial charge in [0.15, 0.2) is 0 Å². The van der Waals surface area contributed by atoms with Crippen LogP contribution in [0.4, 0.5) is 4.79 Å². The highest BCUT2D eigenvalue weighted by Gasteiger charge is 2.38. The van der Waals surface area contributed by atoms with E-state index in [0.717, 1.165) is 20.9 Å². The van der Waals surface area contributed by atoms with Crippen LogP contribution in [0.25, 0.3) is 0 Å². The van der Waals surface area contributed by atoms with Gasteiger partial charge in [0.1, 0.15) is 13.1 Å². The molecule has 4 amide bonds. The van der Waals surface area contributed by atoms with Crippen LogP contribution < -0.4 is 5.32 Å². The van der Waals surface area contributed by atoms with Crippen LogP contribution in [0.3, 0.4) is 0 Å². The zero-order chi connectivity index (χ0) is 33.3. The van der Waals surface area contributed by atoms with Gasteiger partial charge in [-0.1, -0.05) is 91.8 Å². The number of urea groups is 1. The van der Waals surface area contributed by atoms with Crippen LogP contribution in [-0.2, 0) is 32.6 Å². The fourth-order valence-electron chi connectivity index (χ4n) is 5.17. The number of aliphatic hydroxyl groups excluding tert-OH is 1. The predicted octanol–water partition coefficient (Wildman–Crippen LogP) is 2.69. The number of oxime groups is 1. The molecule has 4 rings (SSSR count). The van der Waals surface area contributed by atoms with Crippen LogP contribution in [-0.4, -0.2) is 95.2 Å². The number of sulfonamides is 1. The van der Waals surface area contributed by atoms with Crippen molar-refractivity contribution < 1.29 is 33.1 Å². The highest BCUT2D eigenvalue weighted by atomic mass is 32.2. The molecule has 244 valence electrons.